The van der Waals surface area contributed by atoms with Crippen molar-refractivity contribution in [1.29, 1.82) is 0 Å². The number of hydrogen-bond donors (Lipinski definition) is 1. The van der Waals surface area contributed by atoms with Gasteiger partial charge in [0.1, 0.15) is 0 Å². The minimum atomic E-state index is 0.261. The molecule has 0 atom stereocenters. The summed E-state index contributed by atoms with van der Waals surface area (Å²) in [6.07, 6.45) is 6.80. The molecule has 1 aliphatic rings. The van der Waals surface area contributed by atoms with Crippen molar-refractivity contribution in [3.63, 3.8) is 0 Å². The Kier molecular flexibility index (Phi) is 3.55. The zero-order valence-corrected chi connectivity index (χ0v) is 9.06. The molecule has 1 radical (unpaired) electrons. The lowest BCUT2D eigenvalue weighted by molar-refractivity contribution is 0.283. The lowest BCUT2D eigenvalue weighted by Gasteiger charge is -2.34. The summed E-state index contributed by atoms with van der Waals surface area (Å²) in [5.74, 6) is 0. The van der Waals surface area contributed by atoms with E-state index < -0.39 is 0 Å². The second-order valence-corrected chi connectivity index (χ2v) is 4.55. The molecule has 0 fully saturated rings. The molecule has 1 nitrogen and oxygen atoms in total. The van der Waals surface area contributed by atoms with Crippen molar-refractivity contribution in [3.05, 3.63) is 17.6 Å². The highest BCUT2D eigenvalue weighted by molar-refractivity contribution is 5.26. The first-order valence-corrected chi connectivity index (χ1v) is 5.22. The Morgan fingerprint density at radius 2 is 2.15 bits per heavy atom. The average molecular weight is 181 g/mol. The van der Waals surface area contributed by atoms with Crippen molar-refractivity contribution in [2.24, 2.45) is 5.41 Å². The highest BCUT2D eigenvalue weighted by Crippen LogP contribution is 2.41. The molecule has 75 valence electrons. The topological polar surface area (TPSA) is 20.2 Å². The third-order valence-electron chi connectivity index (χ3n) is 3.05. The molecule has 0 aromatic heterocycles. The van der Waals surface area contributed by atoms with Crippen LogP contribution in [0.2, 0.25) is 0 Å². The molecular formula is C12H21O. The van der Waals surface area contributed by atoms with Crippen LogP contribution in [0.5, 0.6) is 0 Å². The van der Waals surface area contributed by atoms with Crippen molar-refractivity contribution in [2.45, 2.75) is 46.5 Å². The Balaban J connectivity index is 2.73. The molecule has 0 unspecified atom stereocenters. The molecule has 0 aromatic carbocycles. The van der Waals surface area contributed by atoms with Gasteiger partial charge in [0, 0.05) is 6.61 Å². The predicted octanol–water partition coefficient (Wildman–Crippen LogP) is 3.10. The molecule has 0 spiro atoms. The summed E-state index contributed by atoms with van der Waals surface area (Å²) in [6.45, 7) is 7.11. The lowest BCUT2D eigenvalue weighted by atomic mass is 9.71. The Hall–Kier alpha value is -0.300. The van der Waals surface area contributed by atoms with Gasteiger partial charge in [-0.2, -0.15) is 0 Å². The number of rotatable bonds is 3. The second kappa shape index (κ2) is 4.28. The number of aliphatic hydroxyl groups excluding tert-OH is 1. The van der Waals surface area contributed by atoms with Gasteiger partial charge in [-0.25, -0.2) is 0 Å². The van der Waals surface area contributed by atoms with E-state index in [1.54, 1.807) is 11.1 Å². The summed E-state index contributed by atoms with van der Waals surface area (Å²) in [4.78, 5) is 0. The van der Waals surface area contributed by atoms with Crippen LogP contribution in [0.1, 0.15) is 46.5 Å². The van der Waals surface area contributed by atoms with Gasteiger partial charge in [-0.1, -0.05) is 25.0 Å². The molecule has 0 bridgehead atoms. The van der Waals surface area contributed by atoms with Crippen LogP contribution in [-0.4, -0.2) is 11.7 Å². The smallest absolute Gasteiger partial charge is 0.0434 e. The molecule has 1 N–H and O–H groups in total. The first kappa shape index (κ1) is 10.8. The molecule has 0 saturated heterocycles. The van der Waals surface area contributed by atoms with Crippen molar-refractivity contribution in [3.8, 4) is 0 Å². The summed E-state index contributed by atoms with van der Waals surface area (Å²) < 4.78 is 0. The van der Waals surface area contributed by atoms with Crippen molar-refractivity contribution in [2.75, 3.05) is 6.61 Å². The van der Waals surface area contributed by atoms with Gasteiger partial charge in [-0.3, -0.25) is 0 Å². The van der Waals surface area contributed by atoms with E-state index in [4.69, 9.17) is 5.11 Å². The lowest BCUT2D eigenvalue weighted by Crippen LogP contribution is -2.21. The van der Waals surface area contributed by atoms with Crippen LogP contribution in [0.25, 0.3) is 0 Å². The zero-order valence-electron chi connectivity index (χ0n) is 9.06. The highest BCUT2D eigenvalue weighted by Gasteiger charge is 2.27. The summed E-state index contributed by atoms with van der Waals surface area (Å²) in [5, 5.41) is 8.82. The summed E-state index contributed by atoms with van der Waals surface area (Å²) in [7, 11) is 0. The number of aliphatic hydroxyl groups is 1. The van der Waals surface area contributed by atoms with E-state index in [-0.39, 0.29) is 5.41 Å². The molecule has 13 heavy (non-hydrogen) atoms. The van der Waals surface area contributed by atoms with Gasteiger partial charge in [-0.15, -0.1) is 0 Å². The Morgan fingerprint density at radius 3 is 2.69 bits per heavy atom. The molecule has 1 heteroatoms. The monoisotopic (exact) mass is 181 g/mol. The van der Waals surface area contributed by atoms with Crippen LogP contribution in [0.4, 0.5) is 0 Å². The van der Waals surface area contributed by atoms with Gasteiger partial charge >= 0.3 is 0 Å². The minimum Gasteiger partial charge on any atom is -0.396 e. The zero-order chi connectivity index (χ0) is 9.90. The Bertz CT molecular complexity index is 201. The molecule has 0 aromatic rings. The van der Waals surface area contributed by atoms with Gasteiger partial charge < -0.3 is 5.11 Å². The highest BCUT2D eigenvalue weighted by atomic mass is 16.2. The molecule has 0 saturated carbocycles. The van der Waals surface area contributed by atoms with Crippen molar-refractivity contribution < 1.29 is 5.11 Å². The van der Waals surface area contributed by atoms with Crippen LogP contribution in [0.15, 0.2) is 11.1 Å². The third kappa shape index (κ3) is 2.57. The third-order valence-corrected chi connectivity index (χ3v) is 3.05. The molecular weight excluding hydrogens is 160 g/mol. The standard InChI is InChI=1S/C12H21O/c1-10-6-4-8-12(2,3)11(10)7-5-9-13/h8,13H,4-7,9H2,1-3H3. The number of hydrogen-bond acceptors (Lipinski definition) is 1. The fourth-order valence-corrected chi connectivity index (χ4v) is 2.26. The first-order chi connectivity index (χ1) is 6.08. The van der Waals surface area contributed by atoms with Gasteiger partial charge in [-0.05, 0) is 44.4 Å². The van der Waals surface area contributed by atoms with Crippen LogP contribution in [0.3, 0.4) is 0 Å². The molecule has 1 aliphatic carbocycles. The maximum Gasteiger partial charge on any atom is 0.0434 e. The van der Waals surface area contributed by atoms with Gasteiger partial charge in [0.2, 0.25) is 0 Å². The van der Waals surface area contributed by atoms with E-state index in [1.807, 2.05) is 0 Å². The molecule has 0 amide bonds. The Labute approximate surface area is 81.9 Å². The average Bonchev–Trinajstić information content (AvgIpc) is 2.02. The predicted molar refractivity (Wildman–Crippen MR) is 56.3 cm³/mol. The largest absolute Gasteiger partial charge is 0.396 e. The maximum atomic E-state index is 8.82. The fraction of sp³-hybridized carbons (Fsp3) is 0.750. The SMILES string of the molecule is CC1=C(CCCO)C(C)(C)[CH]CC1. The van der Waals surface area contributed by atoms with Crippen molar-refractivity contribution in [1.82, 2.24) is 0 Å². The fourth-order valence-electron chi connectivity index (χ4n) is 2.26. The normalized spacial score (nSPS) is 22.2. The number of allylic oxidation sites excluding steroid dienone is 2. The van der Waals surface area contributed by atoms with Crippen LogP contribution in [-0.2, 0) is 0 Å². The molecule has 0 heterocycles. The van der Waals surface area contributed by atoms with E-state index in [9.17, 15) is 0 Å². The maximum absolute atomic E-state index is 8.82. The molecule has 1 rings (SSSR count). The van der Waals surface area contributed by atoms with Crippen LogP contribution < -0.4 is 0 Å². The molecule has 0 aliphatic heterocycles. The Morgan fingerprint density at radius 1 is 1.46 bits per heavy atom. The minimum absolute atomic E-state index is 0.261. The van der Waals surface area contributed by atoms with Crippen LogP contribution >= 0.6 is 0 Å². The van der Waals surface area contributed by atoms with E-state index in [0.29, 0.717) is 6.61 Å². The van der Waals surface area contributed by atoms with Crippen LogP contribution in [0, 0.1) is 11.8 Å². The van der Waals surface area contributed by atoms with E-state index >= 15 is 0 Å². The summed E-state index contributed by atoms with van der Waals surface area (Å²) in [6, 6.07) is 0. The van der Waals surface area contributed by atoms with E-state index in [2.05, 4.69) is 27.2 Å². The van der Waals surface area contributed by atoms with Crippen molar-refractivity contribution >= 4 is 0 Å². The van der Waals surface area contributed by atoms with Gasteiger partial charge in [0.25, 0.3) is 0 Å². The van der Waals surface area contributed by atoms with Gasteiger partial charge in [0.15, 0.2) is 0 Å². The summed E-state index contributed by atoms with van der Waals surface area (Å²) >= 11 is 0. The quantitative estimate of drug-likeness (QED) is 0.663. The first-order valence-electron chi connectivity index (χ1n) is 5.22. The van der Waals surface area contributed by atoms with Gasteiger partial charge in [0.05, 0.1) is 0 Å². The van der Waals surface area contributed by atoms with E-state index in [0.717, 1.165) is 12.8 Å². The van der Waals surface area contributed by atoms with E-state index in [1.165, 1.54) is 12.8 Å². The second-order valence-electron chi connectivity index (χ2n) is 4.55. The summed E-state index contributed by atoms with van der Waals surface area (Å²) in [5.41, 5.74) is 3.35.